The van der Waals surface area contributed by atoms with Crippen molar-refractivity contribution in [3.8, 4) is 5.75 Å². The average Bonchev–Trinajstić information content (AvgIpc) is 2.22. The predicted molar refractivity (Wildman–Crippen MR) is 58.1 cm³/mol. The first kappa shape index (κ1) is 13.4. The molecule has 0 bridgehead atoms. The van der Waals surface area contributed by atoms with Gasteiger partial charge in [0.2, 0.25) is 0 Å². The SMILES string of the molecule is Cc1cc(F)c(OC(C)(C)C(=O)NN)c(F)c1. The van der Waals surface area contributed by atoms with Gasteiger partial charge in [-0.1, -0.05) is 0 Å². The Hall–Kier alpha value is -1.69. The van der Waals surface area contributed by atoms with Crippen molar-refractivity contribution < 1.29 is 18.3 Å². The van der Waals surface area contributed by atoms with Crippen LogP contribution in [0.4, 0.5) is 8.78 Å². The molecule has 0 saturated heterocycles. The highest BCUT2D eigenvalue weighted by atomic mass is 19.1. The van der Waals surface area contributed by atoms with Gasteiger partial charge in [-0.3, -0.25) is 10.2 Å². The van der Waals surface area contributed by atoms with E-state index in [2.05, 4.69) is 0 Å². The molecule has 0 fully saturated rings. The van der Waals surface area contributed by atoms with Crippen LogP contribution in [0, 0.1) is 18.6 Å². The van der Waals surface area contributed by atoms with Gasteiger partial charge in [0.05, 0.1) is 0 Å². The van der Waals surface area contributed by atoms with Crippen molar-refractivity contribution in [3.05, 3.63) is 29.3 Å². The normalized spacial score (nSPS) is 11.2. The highest BCUT2D eigenvalue weighted by Gasteiger charge is 2.31. The molecule has 0 radical (unpaired) electrons. The molecule has 3 N–H and O–H groups in total. The maximum absolute atomic E-state index is 13.5. The molecule has 0 aliphatic rings. The first-order valence-electron chi connectivity index (χ1n) is 4.93. The molecule has 1 aromatic carbocycles. The number of carbonyl (C=O) groups is 1. The van der Waals surface area contributed by atoms with E-state index in [9.17, 15) is 13.6 Å². The van der Waals surface area contributed by atoms with Crippen molar-refractivity contribution in [3.63, 3.8) is 0 Å². The molecule has 0 aliphatic heterocycles. The Balaban J connectivity index is 3.07. The van der Waals surface area contributed by atoms with E-state index in [1.54, 1.807) is 6.92 Å². The Kier molecular flexibility index (Phi) is 3.67. The van der Waals surface area contributed by atoms with Crippen LogP contribution in [0.1, 0.15) is 19.4 Å². The van der Waals surface area contributed by atoms with Gasteiger partial charge in [0, 0.05) is 0 Å². The molecule has 0 heterocycles. The lowest BCUT2D eigenvalue weighted by Crippen LogP contribution is -2.49. The van der Waals surface area contributed by atoms with Crippen LogP contribution in [-0.2, 0) is 4.79 Å². The molecule has 1 rings (SSSR count). The van der Waals surface area contributed by atoms with Crippen molar-refractivity contribution in [2.45, 2.75) is 26.4 Å². The molecule has 0 aromatic heterocycles. The third-order valence-corrected chi connectivity index (χ3v) is 2.18. The molecule has 0 atom stereocenters. The number of hydrogen-bond acceptors (Lipinski definition) is 3. The molecule has 94 valence electrons. The molecule has 0 spiro atoms. The number of rotatable bonds is 3. The monoisotopic (exact) mass is 244 g/mol. The number of carbonyl (C=O) groups excluding carboxylic acids is 1. The zero-order chi connectivity index (χ0) is 13.2. The summed E-state index contributed by atoms with van der Waals surface area (Å²) >= 11 is 0. The lowest BCUT2D eigenvalue weighted by molar-refractivity contribution is -0.134. The topological polar surface area (TPSA) is 64.3 Å². The Bertz CT molecular complexity index is 424. The number of nitrogens with one attached hydrogen (secondary N) is 1. The number of benzene rings is 1. The molecule has 0 saturated carbocycles. The fourth-order valence-electron chi connectivity index (χ4n) is 1.26. The summed E-state index contributed by atoms with van der Waals surface area (Å²) in [5.74, 6) is 1.95. The second kappa shape index (κ2) is 4.67. The van der Waals surface area contributed by atoms with E-state index in [-0.39, 0.29) is 0 Å². The largest absolute Gasteiger partial charge is 0.472 e. The first-order valence-corrected chi connectivity index (χ1v) is 4.93. The van der Waals surface area contributed by atoms with Crippen LogP contribution >= 0.6 is 0 Å². The quantitative estimate of drug-likeness (QED) is 0.480. The summed E-state index contributed by atoms with van der Waals surface area (Å²) in [7, 11) is 0. The number of amides is 1. The lowest BCUT2D eigenvalue weighted by Gasteiger charge is -2.24. The predicted octanol–water partition coefficient (Wildman–Crippen LogP) is 1.42. The van der Waals surface area contributed by atoms with Crippen LogP contribution in [0.5, 0.6) is 5.75 Å². The first-order chi connectivity index (χ1) is 7.77. The standard InChI is InChI=1S/C11H14F2N2O2/c1-6-4-7(12)9(8(13)5-6)17-11(2,3)10(16)15-14/h4-5H,14H2,1-3H3,(H,15,16). The van der Waals surface area contributed by atoms with E-state index in [0.717, 1.165) is 12.1 Å². The molecule has 4 nitrogen and oxygen atoms in total. The summed E-state index contributed by atoms with van der Waals surface area (Å²) < 4.78 is 32.0. The highest BCUT2D eigenvalue weighted by molar-refractivity contribution is 5.84. The number of halogens is 2. The van der Waals surface area contributed by atoms with E-state index in [1.165, 1.54) is 13.8 Å². The summed E-state index contributed by atoms with van der Waals surface area (Å²) in [5.41, 5.74) is 0.825. The lowest BCUT2D eigenvalue weighted by atomic mass is 10.1. The number of ether oxygens (including phenoxy) is 1. The molecule has 6 heteroatoms. The molecular weight excluding hydrogens is 230 g/mol. The third-order valence-electron chi connectivity index (χ3n) is 2.18. The molecular formula is C11H14F2N2O2. The minimum atomic E-state index is -1.47. The van der Waals surface area contributed by atoms with Gasteiger partial charge in [0.1, 0.15) is 0 Å². The van der Waals surface area contributed by atoms with E-state index in [1.807, 2.05) is 5.43 Å². The maximum Gasteiger partial charge on any atom is 0.277 e. The molecule has 1 amide bonds. The Labute approximate surface area is 97.7 Å². The number of nitrogens with two attached hydrogens (primary N) is 1. The number of hydrazine groups is 1. The Morgan fingerprint density at radius 2 is 1.82 bits per heavy atom. The van der Waals surface area contributed by atoms with Crippen LogP contribution in [0.15, 0.2) is 12.1 Å². The van der Waals surface area contributed by atoms with Crippen molar-refractivity contribution in [1.82, 2.24) is 5.43 Å². The second-order valence-electron chi connectivity index (χ2n) is 4.14. The van der Waals surface area contributed by atoms with E-state index in [0.29, 0.717) is 5.56 Å². The second-order valence-corrected chi connectivity index (χ2v) is 4.14. The van der Waals surface area contributed by atoms with Crippen LogP contribution in [0.2, 0.25) is 0 Å². The van der Waals surface area contributed by atoms with Crippen LogP contribution < -0.4 is 16.0 Å². The highest BCUT2D eigenvalue weighted by Crippen LogP contribution is 2.26. The van der Waals surface area contributed by atoms with Crippen LogP contribution in [-0.4, -0.2) is 11.5 Å². The van der Waals surface area contributed by atoms with Crippen LogP contribution in [0.25, 0.3) is 0 Å². The Morgan fingerprint density at radius 3 is 2.24 bits per heavy atom. The summed E-state index contributed by atoms with van der Waals surface area (Å²) in [5, 5.41) is 0. The van der Waals surface area contributed by atoms with Crippen molar-refractivity contribution in [2.24, 2.45) is 5.84 Å². The van der Waals surface area contributed by atoms with Crippen molar-refractivity contribution in [2.75, 3.05) is 0 Å². The molecule has 0 aliphatic carbocycles. The summed E-state index contributed by atoms with van der Waals surface area (Å²) in [6, 6.07) is 2.24. The third kappa shape index (κ3) is 2.91. The molecule has 0 unspecified atom stereocenters. The van der Waals surface area contributed by atoms with E-state index >= 15 is 0 Å². The zero-order valence-electron chi connectivity index (χ0n) is 9.80. The van der Waals surface area contributed by atoms with Gasteiger partial charge in [-0.05, 0) is 38.5 Å². The van der Waals surface area contributed by atoms with E-state index in [4.69, 9.17) is 10.6 Å². The van der Waals surface area contributed by atoms with Crippen molar-refractivity contribution in [1.29, 1.82) is 0 Å². The smallest absolute Gasteiger partial charge is 0.277 e. The van der Waals surface area contributed by atoms with Gasteiger partial charge < -0.3 is 4.74 Å². The Morgan fingerprint density at radius 1 is 1.35 bits per heavy atom. The van der Waals surface area contributed by atoms with E-state index < -0.39 is 28.9 Å². The fraction of sp³-hybridized carbons (Fsp3) is 0.364. The summed E-state index contributed by atoms with van der Waals surface area (Å²) in [4.78, 5) is 11.3. The fourth-order valence-corrected chi connectivity index (χ4v) is 1.26. The van der Waals surface area contributed by atoms with Gasteiger partial charge >= 0.3 is 0 Å². The summed E-state index contributed by atoms with van der Waals surface area (Å²) in [6.07, 6.45) is 0. The van der Waals surface area contributed by atoms with Crippen molar-refractivity contribution >= 4 is 5.91 Å². The minimum Gasteiger partial charge on any atom is -0.472 e. The van der Waals surface area contributed by atoms with Crippen LogP contribution in [0.3, 0.4) is 0 Å². The summed E-state index contributed by atoms with van der Waals surface area (Å²) in [6.45, 7) is 4.26. The zero-order valence-corrected chi connectivity index (χ0v) is 9.80. The minimum absolute atomic E-state index is 0.424. The van der Waals surface area contributed by atoms with Gasteiger partial charge in [0.15, 0.2) is 23.0 Å². The average molecular weight is 244 g/mol. The molecule has 1 aromatic rings. The van der Waals surface area contributed by atoms with Gasteiger partial charge in [0.25, 0.3) is 5.91 Å². The van der Waals surface area contributed by atoms with Gasteiger partial charge in [-0.2, -0.15) is 0 Å². The van der Waals surface area contributed by atoms with Gasteiger partial charge in [-0.15, -0.1) is 0 Å². The maximum atomic E-state index is 13.5. The van der Waals surface area contributed by atoms with Gasteiger partial charge in [-0.25, -0.2) is 14.6 Å². The number of aryl methyl sites for hydroxylation is 1. The number of hydrogen-bond donors (Lipinski definition) is 2. The molecule has 17 heavy (non-hydrogen) atoms.